The molecule has 1 fully saturated rings. The molecule has 0 bridgehead atoms. The zero-order valence-corrected chi connectivity index (χ0v) is 22.5. The number of nitrogens with one attached hydrogen (secondary N) is 2. The number of aliphatic imine (C=N–C) groups is 1. The molecule has 0 spiro atoms. The number of rotatable bonds is 9. The van der Waals surface area contributed by atoms with Gasteiger partial charge in [0.1, 0.15) is 0 Å². The molecular formula is C25H30N8O4S. The van der Waals surface area contributed by atoms with Gasteiger partial charge in [-0.3, -0.25) is 10.0 Å². The summed E-state index contributed by atoms with van der Waals surface area (Å²) in [7, 11) is 1.54. The van der Waals surface area contributed by atoms with Gasteiger partial charge >= 0.3 is 0 Å². The van der Waals surface area contributed by atoms with Crippen molar-refractivity contribution in [2.75, 3.05) is 43.6 Å². The summed E-state index contributed by atoms with van der Waals surface area (Å²) in [4.78, 5) is 36.9. The molecule has 13 heteroatoms. The molecule has 1 aliphatic heterocycles. The molecule has 200 valence electrons. The van der Waals surface area contributed by atoms with Gasteiger partial charge in [-0.2, -0.15) is 0 Å². The van der Waals surface area contributed by atoms with E-state index in [1.807, 2.05) is 32.9 Å². The van der Waals surface area contributed by atoms with Crippen molar-refractivity contribution in [3.05, 3.63) is 52.8 Å². The summed E-state index contributed by atoms with van der Waals surface area (Å²) in [5, 5.41) is 12.1. The van der Waals surface area contributed by atoms with E-state index in [4.69, 9.17) is 24.6 Å². The first-order valence-corrected chi connectivity index (χ1v) is 12.7. The summed E-state index contributed by atoms with van der Waals surface area (Å²) in [6.45, 7) is 12.2. The van der Waals surface area contributed by atoms with Crippen molar-refractivity contribution >= 4 is 51.5 Å². The number of allylic oxidation sites excluding steroid dienone is 3. The Balaban J connectivity index is 1.72. The molecule has 3 aromatic rings. The summed E-state index contributed by atoms with van der Waals surface area (Å²) >= 11 is 1.60. The molecule has 12 nitrogen and oxygen atoms in total. The van der Waals surface area contributed by atoms with E-state index in [9.17, 15) is 4.79 Å². The van der Waals surface area contributed by atoms with Crippen molar-refractivity contribution in [3.8, 4) is 0 Å². The average Bonchev–Trinajstić information content (AvgIpc) is 3.39. The predicted octanol–water partition coefficient (Wildman–Crippen LogP) is 3.38. The molecule has 1 saturated heterocycles. The van der Waals surface area contributed by atoms with E-state index >= 15 is 0 Å². The average molecular weight is 539 g/mol. The van der Waals surface area contributed by atoms with Gasteiger partial charge < -0.3 is 19.7 Å². The summed E-state index contributed by atoms with van der Waals surface area (Å²) in [5.41, 5.74) is 2.83. The highest BCUT2D eigenvalue weighted by atomic mass is 32.1. The zero-order valence-electron chi connectivity index (χ0n) is 21.7. The molecule has 0 atom stereocenters. The lowest BCUT2D eigenvalue weighted by molar-refractivity contribution is 0.0705. The molecule has 38 heavy (non-hydrogen) atoms. The van der Waals surface area contributed by atoms with E-state index in [1.54, 1.807) is 22.9 Å². The summed E-state index contributed by atoms with van der Waals surface area (Å²) < 4.78 is 11.7. The minimum Gasteiger partial charge on any atom is -0.481 e. The van der Waals surface area contributed by atoms with Crippen LogP contribution in [0.4, 0.5) is 11.8 Å². The molecule has 0 aromatic carbocycles. The van der Waals surface area contributed by atoms with Gasteiger partial charge in [-0.15, -0.1) is 11.3 Å². The van der Waals surface area contributed by atoms with Crippen LogP contribution in [0.1, 0.15) is 41.8 Å². The fraction of sp³-hybridized carbons (Fsp3) is 0.360. The fourth-order valence-corrected chi connectivity index (χ4v) is 4.93. The molecule has 4 rings (SSSR count). The van der Waals surface area contributed by atoms with E-state index in [-0.39, 0.29) is 5.56 Å². The second-order valence-electron chi connectivity index (χ2n) is 9.00. The Kier molecular flexibility index (Phi) is 8.29. The standard InChI is InChI=1S/C25H30N8O4S/c1-15(6-7-19(26-4)36-5)21-29-17-12-18(38-20(17)22(30-21)33-8-10-37-11-9-33)25(2,3)31-24-27-13-16(14-28-24)23(34)32-35/h6-7,12-14,35H,4,8-11H2,1-3,5H3,(H,32,34)(H,27,28,31)/b15-6+,19-7+. The van der Waals surface area contributed by atoms with E-state index in [1.165, 1.54) is 19.5 Å². The lowest BCUT2D eigenvalue weighted by Gasteiger charge is -2.28. The first kappa shape index (κ1) is 27.1. The molecule has 0 radical (unpaired) electrons. The van der Waals surface area contributed by atoms with E-state index < -0.39 is 11.4 Å². The lowest BCUT2D eigenvalue weighted by Crippen LogP contribution is -2.37. The van der Waals surface area contributed by atoms with E-state index in [2.05, 4.69) is 31.9 Å². The maximum Gasteiger partial charge on any atom is 0.277 e. The number of hydrogen-bond acceptors (Lipinski definition) is 12. The highest BCUT2D eigenvalue weighted by Gasteiger charge is 2.27. The van der Waals surface area contributed by atoms with Gasteiger partial charge in [0.25, 0.3) is 5.91 Å². The third kappa shape index (κ3) is 5.96. The van der Waals surface area contributed by atoms with Crippen molar-refractivity contribution in [3.63, 3.8) is 0 Å². The molecule has 4 heterocycles. The van der Waals surface area contributed by atoms with Crippen LogP contribution in [-0.2, 0) is 15.0 Å². The minimum atomic E-state index is -0.677. The highest BCUT2D eigenvalue weighted by Crippen LogP contribution is 2.38. The Morgan fingerprint density at radius 3 is 2.61 bits per heavy atom. The normalized spacial score (nSPS) is 14.9. The minimum absolute atomic E-state index is 0.149. The maximum absolute atomic E-state index is 11.6. The van der Waals surface area contributed by atoms with Crippen LogP contribution in [0, 0.1) is 0 Å². The van der Waals surface area contributed by atoms with Crippen LogP contribution in [-0.4, -0.2) is 71.2 Å². The summed E-state index contributed by atoms with van der Waals surface area (Å²) in [5.74, 6) is 1.53. The Labute approximate surface area is 224 Å². The topological polar surface area (TPSA) is 147 Å². The summed E-state index contributed by atoms with van der Waals surface area (Å²) in [6, 6.07) is 2.05. The molecule has 1 aliphatic rings. The number of nitrogens with zero attached hydrogens (tertiary/aromatic N) is 6. The van der Waals surface area contributed by atoms with Crippen molar-refractivity contribution in [2.45, 2.75) is 26.3 Å². The summed E-state index contributed by atoms with van der Waals surface area (Å²) in [6.07, 6.45) is 6.27. The van der Waals surface area contributed by atoms with Crippen LogP contribution in [0.2, 0.25) is 0 Å². The first-order valence-electron chi connectivity index (χ1n) is 11.8. The number of hydroxylamine groups is 1. The van der Waals surface area contributed by atoms with Crippen molar-refractivity contribution in [2.24, 2.45) is 4.99 Å². The number of morpholine rings is 1. The molecular weight excluding hydrogens is 508 g/mol. The number of fused-ring (bicyclic) bond motifs is 1. The molecule has 1 amide bonds. The molecule has 3 aromatic heterocycles. The van der Waals surface area contributed by atoms with Crippen LogP contribution in [0.15, 0.2) is 41.5 Å². The Morgan fingerprint density at radius 2 is 1.97 bits per heavy atom. The van der Waals surface area contributed by atoms with Crippen LogP contribution in [0.5, 0.6) is 0 Å². The van der Waals surface area contributed by atoms with Crippen LogP contribution < -0.4 is 15.7 Å². The number of methoxy groups -OCH3 is 1. The number of carbonyl (C=O) groups excluding carboxylic acids is 1. The number of aromatic nitrogens is 4. The maximum atomic E-state index is 11.6. The second-order valence-corrected chi connectivity index (χ2v) is 10.1. The Hall–Kier alpha value is -3.94. The van der Waals surface area contributed by atoms with Crippen LogP contribution in [0.3, 0.4) is 0 Å². The number of amides is 1. The van der Waals surface area contributed by atoms with Gasteiger partial charge in [0.15, 0.2) is 11.6 Å². The van der Waals surface area contributed by atoms with Gasteiger partial charge in [0.05, 0.1) is 41.6 Å². The van der Waals surface area contributed by atoms with E-state index in [0.717, 1.165) is 39.6 Å². The van der Waals surface area contributed by atoms with E-state index in [0.29, 0.717) is 30.9 Å². The first-order chi connectivity index (χ1) is 18.2. The monoisotopic (exact) mass is 538 g/mol. The third-order valence-electron chi connectivity index (χ3n) is 5.91. The predicted molar refractivity (Wildman–Crippen MR) is 147 cm³/mol. The quantitative estimate of drug-likeness (QED) is 0.122. The van der Waals surface area contributed by atoms with Gasteiger partial charge in [0, 0.05) is 36.4 Å². The van der Waals surface area contributed by atoms with Gasteiger partial charge in [0.2, 0.25) is 11.8 Å². The zero-order chi connectivity index (χ0) is 27.3. The smallest absolute Gasteiger partial charge is 0.277 e. The molecule has 3 N–H and O–H groups in total. The van der Waals surface area contributed by atoms with Gasteiger partial charge in [-0.1, -0.05) is 6.08 Å². The van der Waals surface area contributed by atoms with Crippen molar-refractivity contribution < 1.29 is 19.5 Å². The second kappa shape index (κ2) is 11.6. The number of ether oxygens (including phenoxy) is 2. The third-order valence-corrected chi connectivity index (χ3v) is 7.36. The Bertz CT molecular complexity index is 1380. The highest BCUT2D eigenvalue weighted by molar-refractivity contribution is 7.19. The van der Waals surface area contributed by atoms with Crippen molar-refractivity contribution in [1.82, 2.24) is 25.4 Å². The van der Waals surface area contributed by atoms with Crippen LogP contribution in [0.25, 0.3) is 15.8 Å². The van der Waals surface area contributed by atoms with Crippen LogP contribution >= 0.6 is 11.3 Å². The Morgan fingerprint density at radius 1 is 1.26 bits per heavy atom. The largest absolute Gasteiger partial charge is 0.481 e. The van der Waals surface area contributed by atoms with Gasteiger partial charge in [-0.05, 0) is 39.1 Å². The number of anilines is 2. The fourth-order valence-electron chi connectivity index (χ4n) is 3.76. The molecule has 0 aliphatic carbocycles. The number of hydrogen-bond donors (Lipinski definition) is 3. The number of thiophene rings is 1. The number of carbonyl (C=O) groups is 1. The lowest BCUT2D eigenvalue weighted by atomic mass is 10.0. The molecule has 0 unspecified atom stereocenters. The van der Waals surface area contributed by atoms with Gasteiger partial charge in [-0.25, -0.2) is 30.4 Å². The molecule has 0 saturated carbocycles. The van der Waals surface area contributed by atoms with Crippen molar-refractivity contribution in [1.29, 1.82) is 0 Å². The SMILES string of the molecule is C=N/C(=C\C=C(/C)c1nc(N2CCOCC2)c2sc(C(C)(C)Nc3ncc(C(=O)NO)cn3)cc2n1)OC.